The summed E-state index contributed by atoms with van der Waals surface area (Å²) in [5.74, 6) is -3.48. The molecule has 0 aliphatic heterocycles. The van der Waals surface area contributed by atoms with Gasteiger partial charge in [-0.2, -0.15) is 0 Å². The van der Waals surface area contributed by atoms with E-state index in [2.05, 4.69) is 13.8 Å². The molecule has 6 heteroatoms. The van der Waals surface area contributed by atoms with E-state index in [0.29, 0.717) is 13.2 Å². The third-order valence-electron chi connectivity index (χ3n) is 8.38. The van der Waals surface area contributed by atoms with Gasteiger partial charge in [-0.05, 0) is 25.0 Å². The summed E-state index contributed by atoms with van der Waals surface area (Å²) >= 11 is 0. The Kier molecular flexibility index (Phi) is 25.0. The molecule has 0 atom stereocenters. The Morgan fingerprint density at radius 1 is 0.545 bits per heavy atom. The SMILES string of the molecule is CCCCCCCCCCCCCCOC(C)(OCCCCCCCCCCCCCC)OC(=O)c1ccccc1C(=O)O. The molecule has 0 amide bonds. The fourth-order valence-corrected chi connectivity index (χ4v) is 5.57. The summed E-state index contributed by atoms with van der Waals surface area (Å²) in [4.78, 5) is 24.6. The molecule has 0 radical (unpaired) electrons. The monoisotopic (exact) mass is 618 g/mol. The number of rotatable bonds is 31. The summed E-state index contributed by atoms with van der Waals surface area (Å²) < 4.78 is 17.7. The molecule has 0 heterocycles. The van der Waals surface area contributed by atoms with E-state index >= 15 is 0 Å². The highest BCUT2D eigenvalue weighted by Gasteiger charge is 2.33. The predicted octanol–water partition coefficient (Wildman–Crippen LogP) is 11.7. The number of benzene rings is 1. The van der Waals surface area contributed by atoms with E-state index in [0.717, 1.165) is 25.7 Å². The minimum atomic E-state index is -1.56. The van der Waals surface area contributed by atoms with E-state index in [1.165, 1.54) is 141 Å². The number of unbranched alkanes of at least 4 members (excludes halogenated alkanes) is 22. The minimum absolute atomic E-state index is 0.00541. The molecule has 6 nitrogen and oxygen atoms in total. The second-order valence-corrected chi connectivity index (χ2v) is 12.6. The Morgan fingerprint density at radius 2 is 0.864 bits per heavy atom. The predicted molar refractivity (Wildman–Crippen MR) is 181 cm³/mol. The summed E-state index contributed by atoms with van der Waals surface area (Å²) in [7, 11) is 0. The molecule has 1 rings (SSSR count). The molecule has 0 aliphatic rings. The zero-order chi connectivity index (χ0) is 32.1. The second kappa shape index (κ2) is 27.4. The van der Waals surface area contributed by atoms with Gasteiger partial charge in [0.2, 0.25) is 0 Å². The molecular weight excluding hydrogens is 552 g/mol. The van der Waals surface area contributed by atoms with Crippen LogP contribution in [0, 0.1) is 0 Å². The highest BCUT2D eigenvalue weighted by atomic mass is 16.9. The van der Waals surface area contributed by atoms with Gasteiger partial charge in [0.05, 0.1) is 24.3 Å². The third-order valence-corrected chi connectivity index (χ3v) is 8.38. The van der Waals surface area contributed by atoms with E-state index in [9.17, 15) is 14.7 Å². The lowest BCUT2D eigenvalue weighted by atomic mass is 10.1. The van der Waals surface area contributed by atoms with Gasteiger partial charge in [-0.1, -0.05) is 167 Å². The zero-order valence-electron chi connectivity index (χ0n) is 28.7. The lowest BCUT2D eigenvalue weighted by molar-refractivity contribution is -0.345. The van der Waals surface area contributed by atoms with E-state index < -0.39 is 17.9 Å². The Morgan fingerprint density at radius 3 is 1.20 bits per heavy atom. The van der Waals surface area contributed by atoms with E-state index in [1.54, 1.807) is 19.1 Å². The van der Waals surface area contributed by atoms with Crippen LogP contribution in [0.25, 0.3) is 0 Å². The van der Waals surface area contributed by atoms with Crippen LogP contribution in [-0.4, -0.2) is 36.2 Å². The lowest BCUT2D eigenvalue weighted by Crippen LogP contribution is -2.39. The smallest absolute Gasteiger partial charge is 0.343 e. The number of carboxylic acid groups (broad SMARTS) is 1. The van der Waals surface area contributed by atoms with Crippen LogP contribution >= 0.6 is 0 Å². The Bertz CT molecular complexity index is 808. The van der Waals surface area contributed by atoms with Crippen LogP contribution in [-0.2, 0) is 14.2 Å². The van der Waals surface area contributed by atoms with Crippen molar-refractivity contribution in [1.82, 2.24) is 0 Å². The molecule has 0 aliphatic carbocycles. The maximum Gasteiger partial charge on any atom is 0.343 e. The molecule has 254 valence electrons. The van der Waals surface area contributed by atoms with Crippen molar-refractivity contribution in [1.29, 1.82) is 0 Å². The molecule has 1 N–H and O–H groups in total. The van der Waals surface area contributed by atoms with Gasteiger partial charge in [0.25, 0.3) is 0 Å². The van der Waals surface area contributed by atoms with E-state index in [4.69, 9.17) is 14.2 Å². The third kappa shape index (κ3) is 20.9. The van der Waals surface area contributed by atoms with Crippen LogP contribution in [0.2, 0.25) is 0 Å². The van der Waals surface area contributed by atoms with E-state index in [1.807, 2.05) is 0 Å². The largest absolute Gasteiger partial charge is 0.478 e. The molecule has 1 aromatic carbocycles. The first-order valence-corrected chi connectivity index (χ1v) is 18.3. The van der Waals surface area contributed by atoms with Gasteiger partial charge in [-0.15, -0.1) is 0 Å². The molecule has 0 aromatic heterocycles. The van der Waals surface area contributed by atoms with Crippen molar-refractivity contribution in [2.24, 2.45) is 0 Å². The van der Waals surface area contributed by atoms with Crippen molar-refractivity contribution >= 4 is 11.9 Å². The van der Waals surface area contributed by atoms with Gasteiger partial charge in [0, 0.05) is 6.92 Å². The Labute approximate surface area is 270 Å². The molecule has 0 spiro atoms. The highest BCUT2D eigenvalue weighted by molar-refractivity contribution is 6.02. The topological polar surface area (TPSA) is 82.1 Å². The number of ether oxygens (including phenoxy) is 3. The molecule has 0 saturated carbocycles. The zero-order valence-corrected chi connectivity index (χ0v) is 28.7. The normalized spacial score (nSPS) is 11.6. The van der Waals surface area contributed by atoms with Gasteiger partial charge in [-0.25, -0.2) is 9.59 Å². The lowest BCUT2D eigenvalue weighted by Gasteiger charge is -2.29. The molecule has 0 bridgehead atoms. The number of aromatic carboxylic acids is 1. The van der Waals surface area contributed by atoms with Crippen molar-refractivity contribution in [2.75, 3.05) is 13.2 Å². The second-order valence-electron chi connectivity index (χ2n) is 12.6. The first kappa shape index (κ1) is 40.1. The maximum absolute atomic E-state index is 13.0. The average Bonchev–Trinajstić information content (AvgIpc) is 3.01. The molecule has 1 aromatic rings. The fraction of sp³-hybridized carbons (Fsp3) is 0.789. The summed E-state index contributed by atoms with van der Waals surface area (Å²) in [6, 6.07) is 6.08. The molecule has 0 fully saturated rings. The molecule has 0 saturated heterocycles. The molecular formula is C38H66O6. The molecule has 0 unspecified atom stereocenters. The maximum atomic E-state index is 13.0. The number of hydrogen-bond acceptors (Lipinski definition) is 5. The number of carbonyl (C=O) groups excluding carboxylic acids is 1. The number of hydrogen-bond donors (Lipinski definition) is 1. The fourth-order valence-electron chi connectivity index (χ4n) is 5.57. The quantitative estimate of drug-likeness (QED) is 0.0506. The van der Waals surface area contributed by atoms with Crippen molar-refractivity contribution in [3.8, 4) is 0 Å². The molecule has 44 heavy (non-hydrogen) atoms. The van der Waals surface area contributed by atoms with Crippen LogP contribution < -0.4 is 0 Å². The van der Waals surface area contributed by atoms with Crippen molar-refractivity contribution in [3.05, 3.63) is 35.4 Å². The van der Waals surface area contributed by atoms with Crippen LogP contribution in [0.5, 0.6) is 0 Å². The van der Waals surface area contributed by atoms with Gasteiger partial charge in [-0.3, -0.25) is 0 Å². The number of esters is 1. The van der Waals surface area contributed by atoms with Crippen LogP contribution in [0.15, 0.2) is 24.3 Å². The number of carboxylic acids is 1. The van der Waals surface area contributed by atoms with Gasteiger partial charge in [0.1, 0.15) is 0 Å². The highest BCUT2D eigenvalue weighted by Crippen LogP contribution is 2.22. The Balaban J connectivity index is 2.39. The summed E-state index contributed by atoms with van der Waals surface area (Å²) in [6.45, 7) is 6.97. The Hall–Kier alpha value is -1.92. The van der Waals surface area contributed by atoms with Crippen LogP contribution in [0.3, 0.4) is 0 Å². The summed E-state index contributed by atoms with van der Waals surface area (Å²) in [5.41, 5.74) is -0.101. The minimum Gasteiger partial charge on any atom is -0.478 e. The van der Waals surface area contributed by atoms with Gasteiger partial charge >= 0.3 is 17.9 Å². The van der Waals surface area contributed by atoms with E-state index in [-0.39, 0.29) is 11.1 Å². The van der Waals surface area contributed by atoms with Crippen molar-refractivity contribution in [3.63, 3.8) is 0 Å². The van der Waals surface area contributed by atoms with Gasteiger partial charge in [0.15, 0.2) is 0 Å². The van der Waals surface area contributed by atoms with Crippen LogP contribution in [0.1, 0.15) is 196 Å². The summed E-state index contributed by atoms with van der Waals surface area (Å²) in [5, 5.41) is 9.51. The first-order chi connectivity index (χ1) is 21.4. The van der Waals surface area contributed by atoms with Gasteiger partial charge < -0.3 is 19.3 Å². The first-order valence-electron chi connectivity index (χ1n) is 18.3. The number of carbonyl (C=O) groups is 2. The van der Waals surface area contributed by atoms with Crippen molar-refractivity contribution in [2.45, 2.75) is 181 Å². The van der Waals surface area contributed by atoms with Crippen molar-refractivity contribution < 1.29 is 28.9 Å². The standard InChI is InChI=1S/C38H66O6/c1-4-6-8-10-12-14-16-18-20-22-24-28-32-42-38(3,44-37(41)35-31-27-26-30-34(35)36(39)40)43-33-29-25-23-21-19-17-15-13-11-9-7-5-2/h26-27,30-31H,4-25,28-29,32-33H2,1-3H3,(H,39,40). The summed E-state index contributed by atoms with van der Waals surface area (Å²) in [6.07, 6.45) is 30.1. The van der Waals surface area contributed by atoms with Crippen LogP contribution in [0.4, 0.5) is 0 Å². The average molecular weight is 619 g/mol.